The van der Waals surface area contributed by atoms with Gasteiger partial charge in [-0.1, -0.05) is 6.92 Å². The van der Waals surface area contributed by atoms with E-state index < -0.39 is 10.0 Å². The van der Waals surface area contributed by atoms with Gasteiger partial charge in [-0.3, -0.25) is 4.79 Å². The van der Waals surface area contributed by atoms with Gasteiger partial charge in [-0.15, -0.1) is 0 Å². The van der Waals surface area contributed by atoms with Crippen LogP contribution in [0, 0.1) is 0 Å². The largest absolute Gasteiger partial charge is 0.490 e. The lowest BCUT2D eigenvalue weighted by Crippen LogP contribution is -2.36. The van der Waals surface area contributed by atoms with Crippen molar-refractivity contribution in [3.63, 3.8) is 0 Å². The van der Waals surface area contributed by atoms with Crippen molar-refractivity contribution in [1.82, 2.24) is 4.31 Å². The molecule has 0 aromatic heterocycles. The summed E-state index contributed by atoms with van der Waals surface area (Å²) in [5.41, 5.74) is 3.45. The first-order valence-electron chi connectivity index (χ1n) is 11.1. The molecule has 5 rings (SSSR count). The highest BCUT2D eigenvalue weighted by atomic mass is 32.2. The highest BCUT2D eigenvalue weighted by Gasteiger charge is 2.32. The number of benzene rings is 2. The van der Waals surface area contributed by atoms with Crippen molar-refractivity contribution in [3.8, 4) is 5.75 Å². The van der Waals surface area contributed by atoms with Crippen molar-refractivity contribution in [2.45, 2.75) is 56.4 Å². The van der Waals surface area contributed by atoms with Crippen LogP contribution < -0.4 is 9.64 Å². The predicted octanol–water partition coefficient (Wildman–Crippen LogP) is 3.95. The summed E-state index contributed by atoms with van der Waals surface area (Å²) in [6, 6.07) is 10.9. The Kier molecular flexibility index (Phi) is 5.06. The predicted molar refractivity (Wildman–Crippen MR) is 119 cm³/mol. The molecule has 0 spiro atoms. The molecule has 0 saturated carbocycles. The fraction of sp³-hybridized carbons (Fsp3) is 0.458. The van der Waals surface area contributed by atoms with Gasteiger partial charge in [0, 0.05) is 42.4 Å². The molecule has 3 aliphatic heterocycles. The summed E-state index contributed by atoms with van der Waals surface area (Å²) in [6.07, 6.45) is 3.51. The molecule has 1 saturated heterocycles. The quantitative estimate of drug-likeness (QED) is 0.725. The number of hydrogen-bond acceptors (Lipinski definition) is 4. The molecule has 0 N–H and O–H groups in total. The van der Waals surface area contributed by atoms with Crippen LogP contribution in [0.4, 0.5) is 5.69 Å². The highest BCUT2D eigenvalue weighted by Crippen LogP contribution is 2.39. The number of carbonyl (C=O) groups is 1. The van der Waals surface area contributed by atoms with Gasteiger partial charge in [0.1, 0.15) is 11.9 Å². The van der Waals surface area contributed by atoms with Crippen molar-refractivity contribution < 1.29 is 17.9 Å². The zero-order valence-electron chi connectivity index (χ0n) is 18.0. The van der Waals surface area contributed by atoms with Gasteiger partial charge in [0.2, 0.25) is 10.0 Å². The summed E-state index contributed by atoms with van der Waals surface area (Å²) in [5, 5.41) is 0. The maximum absolute atomic E-state index is 13.4. The van der Waals surface area contributed by atoms with Crippen molar-refractivity contribution in [3.05, 3.63) is 53.1 Å². The van der Waals surface area contributed by atoms with E-state index in [1.54, 1.807) is 27.4 Å². The topological polar surface area (TPSA) is 66.9 Å². The van der Waals surface area contributed by atoms with E-state index in [-0.39, 0.29) is 17.9 Å². The third-order valence-electron chi connectivity index (χ3n) is 6.88. The maximum Gasteiger partial charge on any atom is 0.258 e. The minimum atomic E-state index is -3.46. The van der Waals surface area contributed by atoms with Gasteiger partial charge in [0.25, 0.3) is 5.91 Å². The highest BCUT2D eigenvalue weighted by molar-refractivity contribution is 7.89. The van der Waals surface area contributed by atoms with E-state index in [1.807, 2.05) is 25.1 Å². The number of hydrogen-bond donors (Lipinski definition) is 0. The summed E-state index contributed by atoms with van der Waals surface area (Å²) >= 11 is 0. The van der Waals surface area contributed by atoms with Gasteiger partial charge in [-0.05, 0) is 74.6 Å². The molecule has 3 aliphatic rings. The monoisotopic (exact) mass is 440 g/mol. The third kappa shape index (κ3) is 3.44. The molecule has 0 aliphatic carbocycles. The Balaban J connectivity index is 1.45. The van der Waals surface area contributed by atoms with Crippen LogP contribution in [0.25, 0.3) is 0 Å². The number of rotatable bonds is 3. The summed E-state index contributed by atoms with van der Waals surface area (Å²) < 4.78 is 33.3. The van der Waals surface area contributed by atoms with E-state index >= 15 is 0 Å². The van der Waals surface area contributed by atoms with Crippen molar-refractivity contribution >= 4 is 21.6 Å². The summed E-state index contributed by atoms with van der Waals surface area (Å²) in [5.74, 6) is 1.05. The first kappa shape index (κ1) is 20.5. The van der Waals surface area contributed by atoms with E-state index in [1.165, 1.54) is 0 Å². The van der Waals surface area contributed by atoms with Crippen molar-refractivity contribution in [2.24, 2.45) is 0 Å². The Morgan fingerprint density at radius 1 is 1.00 bits per heavy atom. The molecular formula is C24H28N2O4S. The normalized spacial score (nSPS) is 23.4. The molecule has 0 bridgehead atoms. The molecule has 2 aromatic rings. The average Bonchev–Trinajstić information content (AvgIpc) is 3.42. The molecule has 6 nitrogen and oxygen atoms in total. The van der Waals surface area contributed by atoms with Crippen LogP contribution in [0.2, 0.25) is 0 Å². The van der Waals surface area contributed by atoms with Crippen LogP contribution in [0.5, 0.6) is 5.75 Å². The molecule has 2 aromatic carbocycles. The number of amides is 1. The summed E-state index contributed by atoms with van der Waals surface area (Å²) in [6.45, 7) is 5.96. The Hall–Kier alpha value is -2.38. The minimum absolute atomic E-state index is 0.0503. The van der Waals surface area contributed by atoms with Crippen molar-refractivity contribution in [2.75, 3.05) is 24.5 Å². The van der Waals surface area contributed by atoms with Crippen LogP contribution in [0.3, 0.4) is 0 Å². The van der Waals surface area contributed by atoms with Crippen LogP contribution in [0.1, 0.15) is 60.5 Å². The Labute approximate surface area is 183 Å². The van der Waals surface area contributed by atoms with Crippen LogP contribution in [-0.4, -0.2) is 44.4 Å². The molecular weight excluding hydrogens is 412 g/mol. The molecule has 3 heterocycles. The Morgan fingerprint density at radius 2 is 1.77 bits per heavy atom. The number of carbonyl (C=O) groups excluding carboxylic acids is 1. The van der Waals surface area contributed by atoms with E-state index in [4.69, 9.17) is 4.74 Å². The molecule has 164 valence electrons. The maximum atomic E-state index is 13.4. The molecule has 0 radical (unpaired) electrons. The molecule has 2 unspecified atom stereocenters. The lowest BCUT2D eigenvalue weighted by Gasteiger charge is -2.30. The SMILES string of the molecule is CC1Oc2ccc(C(=O)N3CCCc4cc(S(=O)(=O)N5CCCC5)ccc43)cc2C1C. The van der Waals surface area contributed by atoms with E-state index in [2.05, 4.69) is 6.92 Å². The van der Waals surface area contributed by atoms with Crippen molar-refractivity contribution in [1.29, 1.82) is 0 Å². The zero-order valence-corrected chi connectivity index (χ0v) is 18.8. The van der Waals surface area contributed by atoms with Gasteiger partial charge in [0.15, 0.2) is 0 Å². The first-order valence-corrected chi connectivity index (χ1v) is 12.6. The number of nitrogens with zero attached hydrogens (tertiary/aromatic N) is 2. The van der Waals surface area contributed by atoms with Gasteiger partial charge >= 0.3 is 0 Å². The average molecular weight is 441 g/mol. The van der Waals surface area contributed by atoms with Crippen LogP contribution >= 0.6 is 0 Å². The van der Waals surface area contributed by atoms with Gasteiger partial charge < -0.3 is 9.64 Å². The number of fused-ring (bicyclic) bond motifs is 2. The Bertz CT molecular complexity index is 1140. The zero-order chi connectivity index (χ0) is 21.8. The summed E-state index contributed by atoms with van der Waals surface area (Å²) in [7, 11) is -3.46. The fourth-order valence-electron chi connectivity index (χ4n) is 4.88. The van der Waals surface area contributed by atoms with E-state index in [0.717, 1.165) is 48.2 Å². The first-order chi connectivity index (χ1) is 14.9. The second kappa shape index (κ2) is 7.64. The third-order valence-corrected chi connectivity index (χ3v) is 8.78. The lowest BCUT2D eigenvalue weighted by atomic mass is 9.96. The smallest absolute Gasteiger partial charge is 0.258 e. The number of ether oxygens (including phenoxy) is 1. The van der Waals surface area contributed by atoms with Gasteiger partial charge in [-0.2, -0.15) is 4.31 Å². The molecule has 2 atom stereocenters. The van der Waals surface area contributed by atoms with Crippen LogP contribution in [-0.2, 0) is 16.4 Å². The van der Waals surface area contributed by atoms with E-state index in [9.17, 15) is 13.2 Å². The lowest BCUT2D eigenvalue weighted by molar-refractivity contribution is 0.0985. The number of sulfonamides is 1. The summed E-state index contributed by atoms with van der Waals surface area (Å²) in [4.78, 5) is 15.5. The van der Waals surface area contributed by atoms with E-state index in [0.29, 0.717) is 30.1 Å². The molecule has 1 fully saturated rings. The second-order valence-electron chi connectivity index (χ2n) is 8.83. The second-order valence-corrected chi connectivity index (χ2v) is 10.8. The van der Waals surface area contributed by atoms with Crippen LogP contribution in [0.15, 0.2) is 41.3 Å². The molecule has 31 heavy (non-hydrogen) atoms. The number of aryl methyl sites for hydroxylation is 1. The standard InChI is InChI=1S/C24H28N2O4S/c1-16-17(2)30-23-10-7-19(15-21(16)23)24(27)26-13-5-6-18-14-20(8-9-22(18)26)31(28,29)25-11-3-4-12-25/h7-10,14-17H,3-6,11-13H2,1-2H3. The number of anilines is 1. The minimum Gasteiger partial charge on any atom is -0.490 e. The fourth-order valence-corrected chi connectivity index (χ4v) is 6.45. The molecule has 7 heteroatoms. The molecule has 1 amide bonds. The van der Waals surface area contributed by atoms with Gasteiger partial charge in [-0.25, -0.2) is 8.42 Å². The van der Waals surface area contributed by atoms with Gasteiger partial charge in [0.05, 0.1) is 4.90 Å². The Morgan fingerprint density at radius 3 is 2.55 bits per heavy atom.